The van der Waals surface area contributed by atoms with Gasteiger partial charge in [0, 0.05) is 6.20 Å². The molecule has 0 bridgehead atoms. The van der Waals surface area contributed by atoms with Crippen LogP contribution in [0, 0.1) is 0 Å². The zero-order valence-electron chi connectivity index (χ0n) is 8.91. The van der Waals surface area contributed by atoms with E-state index in [0.717, 1.165) is 12.1 Å². The van der Waals surface area contributed by atoms with Gasteiger partial charge in [-0.25, -0.2) is 0 Å². The fourth-order valence-electron chi connectivity index (χ4n) is 1.33. The summed E-state index contributed by atoms with van der Waals surface area (Å²) in [5.74, 6) is 0.410. The summed E-state index contributed by atoms with van der Waals surface area (Å²) in [6.45, 7) is 0. The van der Waals surface area contributed by atoms with E-state index in [9.17, 15) is 13.2 Å². The van der Waals surface area contributed by atoms with Gasteiger partial charge in [-0.1, -0.05) is 11.6 Å². The Morgan fingerprint density at radius 2 is 1.89 bits per heavy atom. The Kier molecular flexibility index (Phi) is 3.43. The number of hydrogen-bond donors (Lipinski definition) is 0. The third-order valence-electron chi connectivity index (χ3n) is 2.11. The quantitative estimate of drug-likeness (QED) is 0.801. The summed E-state index contributed by atoms with van der Waals surface area (Å²) in [6.07, 6.45) is -1.57. The smallest absolute Gasteiger partial charge is 0.417 e. The number of ether oxygens (including phenoxy) is 1. The van der Waals surface area contributed by atoms with Gasteiger partial charge < -0.3 is 4.74 Å². The van der Waals surface area contributed by atoms with Crippen LogP contribution in [-0.2, 0) is 6.18 Å². The van der Waals surface area contributed by atoms with Gasteiger partial charge in [-0.15, -0.1) is 0 Å². The van der Waals surface area contributed by atoms with Gasteiger partial charge in [0.15, 0.2) is 0 Å². The van der Waals surface area contributed by atoms with Crippen LogP contribution in [0.1, 0.15) is 5.56 Å². The van der Waals surface area contributed by atoms with Gasteiger partial charge in [0.25, 0.3) is 0 Å². The summed E-state index contributed by atoms with van der Waals surface area (Å²) in [5, 5.41) is -0.360. The summed E-state index contributed by atoms with van der Waals surface area (Å²) in [6, 6.07) is 6.58. The van der Waals surface area contributed by atoms with E-state index < -0.39 is 11.7 Å². The lowest BCUT2D eigenvalue weighted by molar-refractivity contribution is -0.137. The van der Waals surface area contributed by atoms with E-state index in [2.05, 4.69) is 4.98 Å². The Balaban J connectivity index is 2.31. The molecule has 94 valence electrons. The van der Waals surface area contributed by atoms with Crippen molar-refractivity contribution >= 4 is 11.6 Å². The summed E-state index contributed by atoms with van der Waals surface area (Å²) >= 11 is 5.50. The van der Waals surface area contributed by atoms with Crippen LogP contribution < -0.4 is 4.74 Å². The number of alkyl halides is 3. The highest BCUT2D eigenvalue weighted by Gasteiger charge is 2.33. The number of nitrogens with zero attached hydrogens (tertiary/aromatic N) is 1. The first-order valence-electron chi connectivity index (χ1n) is 4.91. The average Bonchev–Trinajstić information content (AvgIpc) is 2.31. The Hall–Kier alpha value is -1.75. The molecule has 0 fully saturated rings. The average molecular weight is 274 g/mol. The van der Waals surface area contributed by atoms with Crippen molar-refractivity contribution in [3.8, 4) is 11.5 Å². The van der Waals surface area contributed by atoms with Crippen molar-refractivity contribution in [3.63, 3.8) is 0 Å². The van der Waals surface area contributed by atoms with E-state index in [1.165, 1.54) is 18.5 Å². The Bertz CT molecular complexity index is 543. The fraction of sp³-hybridized carbons (Fsp3) is 0.0833. The van der Waals surface area contributed by atoms with E-state index in [1.54, 1.807) is 12.1 Å². The second-order valence-electron chi connectivity index (χ2n) is 3.43. The standard InChI is InChI=1S/C12H7ClF3NO/c13-11-4-3-8(6-10(11)12(14,15)16)18-9-2-1-5-17-7-9/h1-7H. The maximum atomic E-state index is 12.6. The third kappa shape index (κ3) is 2.92. The summed E-state index contributed by atoms with van der Waals surface area (Å²) in [5.41, 5.74) is -0.925. The number of hydrogen-bond acceptors (Lipinski definition) is 2. The summed E-state index contributed by atoms with van der Waals surface area (Å²) < 4.78 is 43.1. The van der Waals surface area contributed by atoms with E-state index in [4.69, 9.17) is 16.3 Å². The molecule has 0 radical (unpaired) electrons. The zero-order chi connectivity index (χ0) is 13.2. The second-order valence-corrected chi connectivity index (χ2v) is 3.84. The van der Waals surface area contributed by atoms with Crippen molar-refractivity contribution in [2.75, 3.05) is 0 Å². The maximum Gasteiger partial charge on any atom is 0.417 e. The number of halogens is 4. The van der Waals surface area contributed by atoms with Crippen molar-refractivity contribution in [2.45, 2.75) is 6.18 Å². The van der Waals surface area contributed by atoms with E-state index in [0.29, 0.717) is 5.75 Å². The molecule has 0 saturated heterocycles. The fourth-order valence-corrected chi connectivity index (χ4v) is 1.55. The highest BCUT2D eigenvalue weighted by atomic mass is 35.5. The summed E-state index contributed by atoms with van der Waals surface area (Å²) in [7, 11) is 0. The molecular weight excluding hydrogens is 267 g/mol. The second kappa shape index (κ2) is 4.86. The van der Waals surface area contributed by atoms with Crippen LogP contribution in [0.3, 0.4) is 0 Å². The minimum Gasteiger partial charge on any atom is -0.456 e. The largest absolute Gasteiger partial charge is 0.456 e. The highest BCUT2D eigenvalue weighted by Crippen LogP contribution is 2.37. The van der Waals surface area contributed by atoms with Gasteiger partial charge in [-0.2, -0.15) is 13.2 Å². The molecule has 2 nitrogen and oxygen atoms in total. The van der Waals surface area contributed by atoms with Crippen molar-refractivity contribution in [3.05, 3.63) is 53.3 Å². The lowest BCUT2D eigenvalue weighted by atomic mass is 10.2. The predicted octanol–water partition coefficient (Wildman–Crippen LogP) is 4.55. The van der Waals surface area contributed by atoms with Crippen LogP contribution in [0.2, 0.25) is 5.02 Å². The molecule has 2 rings (SSSR count). The summed E-state index contributed by atoms with van der Waals surface area (Å²) in [4.78, 5) is 3.80. The van der Waals surface area contributed by atoms with Crippen molar-refractivity contribution in [1.82, 2.24) is 4.98 Å². The van der Waals surface area contributed by atoms with Crippen molar-refractivity contribution in [2.24, 2.45) is 0 Å². The minimum atomic E-state index is -4.51. The van der Waals surface area contributed by atoms with Crippen LogP contribution in [0.4, 0.5) is 13.2 Å². The number of aromatic nitrogens is 1. The normalized spacial score (nSPS) is 11.3. The predicted molar refractivity (Wildman–Crippen MR) is 60.8 cm³/mol. The topological polar surface area (TPSA) is 22.1 Å². The van der Waals surface area contributed by atoms with E-state index >= 15 is 0 Å². The highest BCUT2D eigenvalue weighted by molar-refractivity contribution is 6.31. The molecule has 18 heavy (non-hydrogen) atoms. The van der Waals surface area contributed by atoms with Gasteiger partial charge in [-0.3, -0.25) is 4.98 Å². The monoisotopic (exact) mass is 273 g/mol. The van der Waals surface area contributed by atoms with Crippen molar-refractivity contribution < 1.29 is 17.9 Å². The first-order chi connectivity index (χ1) is 8.47. The molecular formula is C12H7ClF3NO. The molecule has 0 N–H and O–H groups in total. The van der Waals surface area contributed by atoms with Crippen molar-refractivity contribution in [1.29, 1.82) is 0 Å². The van der Waals surface area contributed by atoms with Gasteiger partial charge in [0.05, 0.1) is 16.8 Å². The Morgan fingerprint density at radius 1 is 1.11 bits per heavy atom. The zero-order valence-corrected chi connectivity index (χ0v) is 9.66. The molecule has 1 aromatic carbocycles. The van der Waals surface area contributed by atoms with Crippen LogP contribution in [0.25, 0.3) is 0 Å². The molecule has 0 aliphatic carbocycles. The lowest BCUT2D eigenvalue weighted by Crippen LogP contribution is -2.05. The van der Waals surface area contributed by atoms with Gasteiger partial charge in [-0.05, 0) is 30.3 Å². The molecule has 1 aromatic heterocycles. The first-order valence-corrected chi connectivity index (χ1v) is 5.29. The molecule has 0 amide bonds. The number of pyridine rings is 1. The Labute approximate surface area is 106 Å². The van der Waals surface area contributed by atoms with Crippen LogP contribution in [0.15, 0.2) is 42.7 Å². The van der Waals surface area contributed by atoms with Gasteiger partial charge >= 0.3 is 6.18 Å². The van der Waals surface area contributed by atoms with Gasteiger partial charge in [0.2, 0.25) is 0 Å². The molecule has 0 aliphatic rings. The Morgan fingerprint density at radius 3 is 2.50 bits per heavy atom. The van der Waals surface area contributed by atoms with E-state index in [1.807, 2.05) is 0 Å². The lowest BCUT2D eigenvalue weighted by Gasteiger charge is -2.11. The number of benzene rings is 1. The molecule has 0 unspecified atom stereocenters. The molecule has 2 aromatic rings. The third-order valence-corrected chi connectivity index (χ3v) is 2.44. The molecule has 1 heterocycles. The molecule has 0 spiro atoms. The molecule has 6 heteroatoms. The van der Waals surface area contributed by atoms with Crippen LogP contribution >= 0.6 is 11.6 Å². The van der Waals surface area contributed by atoms with E-state index in [-0.39, 0.29) is 10.8 Å². The first kappa shape index (κ1) is 12.7. The molecule has 0 atom stereocenters. The molecule has 0 saturated carbocycles. The number of rotatable bonds is 2. The maximum absolute atomic E-state index is 12.6. The van der Waals surface area contributed by atoms with Gasteiger partial charge in [0.1, 0.15) is 11.5 Å². The molecule has 0 aliphatic heterocycles. The van der Waals surface area contributed by atoms with Crippen LogP contribution in [0.5, 0.6) is 11.5 Å². The van der Waals surface area contributed by atoms with Crippen LogP contribution in [-0.4, -0.2) is 4.98 Å². The SMILES string of the molecule is FC(F)(F)c1cc(Oc2cccnc2)ccc1Cl. The minimum absolute atomic E-state index is 0.0553.